The van der Waals surface area contributed by atoms with E-state index in [0.29, 0.717) is 41.8 Å². The number of carbonyl (C=O) groups is 2. The molecule has 9 atom stereocenters. The predicted octanol–water partition coefficient (Wildman–Crippen LogP) is 9.94. The van der Waals surface area contributed by atoms with Gasteiger partial charge in [0.2, 0.25) is 0 Å². The van der Waals surface area contributed by atoms with Crippen LogP contribution < -0.4 is 0 Å². The number of rotatable bonds is 6. The molecule has 0 aliphatic heterocycles. The van der Waals surface area contributed by atoms with Crippen LogP contribution in [0.2, 0.25) is 0 Å². The Morgan fingerprint density at radius 3 is 2.33 bits per heavy atom. The molecule has 4 fully saturated rings. The van der Waals surface area contributed by atoms with Gasteiger partial charge < -0.3 is 5.11 Å². The van der Waals surface area contributed by atoms with Gasteiger partial charge in [0.05, 0.1) is 0 Å². The first-order valence-corrected chi connectivity index (χ1v) is 17.3. The molecule has 0 saturated heterocycles. The molecule has 43 heavy (non-hydrogen) atoms. The normalized spacial score (nSPS) is 43.0. The zero-order chi connectivity index (χ0) is 31.2. The number of ketones is 1. The summed E-state index contributed by atoms with van der Waals surface area (Å²) in [7, 11) is 0. The number of hydrogen-bond donors (Lipinski definition) is 1. The minimum Gasteiger partial charge on any atom is -0.481 e. The van der Waals surface area contributed by atoms with Gasteiger partial charge in [0.15, 0.2) is 0 Å². The van der Waals surface area contributed by atoms with Crippen molar-refractivity contribution in [1.29, 1.82) is 0 Å². The first-order chi connectivity index (χ1) is 20.1. The minimum atomic E-state index is -0.736. The van der Waals surface area contributed by atoms with Crippen molar-refractivity contribution in [3.8, 4) is 0 Å². The fourth-order valence-corrected chi connectivity index (χ4v) is 13.0. The van der Waals surface area contributed by atoms with Gasteiger partial charge in [-0.05, 0) is 146 Å². The van der Waals surface area contributed by atoms with Gasteiger partial charge >= 0.3 is 5.97 Å². The molecule has 3 heteroatoms. The van der Waals surface area contributed by atoms with Crippen LogP contribution in [0.5, 0.6) is 0 Å². The molecule has 234 valence electrons. The summed E-state index contributed by atoms with van der Waals surface area (Å²) in [5.41, 5.74) is 5.83. The number of fused-ring (bicyclic) bond motifs is 7. The molecule has 1 aromatic rings. The van der Waals surface area contributed by atoms with E-state index in [0.717, 1.165) is 31.2 Å². The Labute approximate surface area is 261 Å². The third kappa shape index (κ3) is 4.25. The maximum atomic E-state index is 13.4. The molecule has 0 amide bonds. The van der Waals surface area contributed by atoms with Crippen molar-refractivity contribution >= 4 is 17.3 Å². The van der Waals surface area contributed by atoms with Crippen LogP contribution in [0, 0.1) is 56.7 Å². The van der Waals surface area contributed by atoms with Crippen molar-refractivity contribution in [2.75, 3.05) is 0 Å². The van der Waals surface area contributed by atoms with Crippen LogP contribution in [0.4, 0.5) is 0 Å². The zero-order valence-electron chi connectivity index (χ0n) is 28.0. The highest BCUT2D eigenvalue weighted by molar-refractivity contribution is 5.83. The number of carbonyl (C=O) groups excluding carboxylic acids is 1. The summed E-state index contributed by atoms with van der Waals surface area (Å²) in [6.07, 6.45) is 14.0. The Morgan fingerprint density at radius 2 is 1.65 bits per heavy atom. The number of hydrogen-bond acceptors (Lipinski definition) is 2. The summed E-state index contributed by atoms with van der Waals surface area (Å²) in [5, 5.41) is 9.23. The zero-order valence-corrected chi connectivity index (χ0v) is 28.0. The molecule has 0 unspecified atom stereocenters. The lowest BCUT2D eigenvalue weighted by Gasteiger charge is -2.72. The molecule has 0 radical (unpaired) electrons. The van der Waals surface area contributed by atoms with Crippen molar-refractivity contribution in [2.24, 2.45) is 56.7 Å². The second-order valence-electron chi connectivity index (χ2n) is 17.0. The van der Waals surface area contributed by atoms with Crippen molar-refractivity contribution in [3.05, 3.63) is 53.6 Å². The van der Waals surface area contributed by atoms with Crippen LogP contribution in [0.3, 0.4) is 0 Å². The number of aryl methyl sites for hydroxylation is 1. The van der Waals surface area contributed by atoms with E-state index in [2.05, 4.69) is 78.5 Å². The van der Waals surface area contributed by atoms with Gasteiger partial charge in [-0.3, -0.25) is 9.59 Å². The molecule has 4 saturated carbocycles. The number of carboxylic acids is 1. The quantitative estimate of drug-likeness (QED) is 0.339. The SMILES string of the molecule is C=C(C)[C@@H]1CC[C@]2(C(C)=O)CC[C@]3(C)[C@H](CC[C@@H]4[C@@]5(C)CC=C(c6cccc(CCC(=O)O)c6)C(C)(C)[C@@H]5CC[C@]43C)[C@@H]12. The average molecular weight is 585 g/mol. The van der Waals surface area contributed by atoms with Crippen molar-refractivity contribution in [1.82, 2.24) is 0 Å². The van der Waals surface area contributed by atoms with Crippen LogP contribution >= 0.6 is 0 Å². The Hall–Kier alpha value is -2.16. The Bertz CT molecular complexity index is 1370. The maximum absolute atomic E-state index is 13.4. The molecule has 1 N–H and O–H groups in total. The average Bonchev–Trinajstić information content (AvgIpc) is 3.34. The standard InChI is InChI=1S/C40H56O3/c1-25(2)29-16-21-40(26(3)41)23-22-38(7)31(35(29)40)13-14-33-37(6)19-17-30(36(4,5)32(37)18-20-39(33,38)8)28-11-9-10-27(24-28)12-15-34(42)43/h9-11,17,24,29,31-33,35H,1,12-16,18-23H2,2-8H3,(H,42,43)/t29-,31+,32-,33+,35+,37-,38+,39+,40+/m0/s1. The van der Waals surface area contributed by atoms with Gasteiger partial charge in [0.25, 0.3) is 0 Å². The minimum absolute atomic E-state index is 0.0460. The van der Waals surface area contributed by atoms with Crippen molar-refractivity contribution in [3.63, 3.8) is 0 Å². The molecule has 0 heterocycles. The molecule has 5 aliphatic rings. The van der Waals surface area contributed by atoms with Gasteiger partial charge in [-0.15, -0.1) is 0 Å². The first-order valence-electron chi connectivity index (χ1n) is 17.3. The highest BCUT2D eigenvalue weighted by Crippen LogP contribution is 2.77. The van der Waals surface area contributed by atoms with E-state index >= 15 is 0 Å². The molecule has 6 rings (SSSR count). The van der Waals surface area contributed by atoms with Gasteiger partial charge in [0.1, 0.15) is 5.78 Å². The molecule has 5 aliphatic carbocycles. The van der Waals surface area contributed by atoms with E-state index in [1.54, 1.807) is 0 Å². The van der Waals surface area contributed by atoms with E-state index in [9.17, 15) is 14.7 Å². The van der Waals surface area contributed by atoms with Gasteiger partial charge in [-0.25, -0.2) is 0 Å². The van der Waals surface area contributed by atoms with Gasteiger partial charge in [-0.2, -0.15) is 0 Å². The van der Waals surface area contributed by atoms with Crippen LogP contribution in [0.25, 0.3) is 5.57 Å². The summed E-state index contributed by atoms with van der Waals surface area (Å²) >= 11 is 0. The summed E-state index contributed by atoms with van der Waals surface area (Å²) in [6, 6.07) is 8.68. The van der Waals surface area contributed by atoms with Crippen molar-refractivity contribution < 1.29 is 14.7 Å². The van der Waals surface area contributed by atoms with Crippen LogP contribution in [0.15, 0.2) is 42.5 Å². The number of benzene rings is 1. The summed E-state index contributed by atoms with van der Waals surface area (Å²) in [6.45, 7) is 21.5. The monoisotopic (exact) mass is 584 g/mol. The highest BCUT2D eigenvalue weighted by atomic mass is 16.4. The topological polar surface area (TPSA) is 54.4 Å². The summed E-state index contributed by atoms with van der Waals surface area (Å²) in [5.74, 6) is 2.55. The summed E-state index contributed by atoms with van der Waals surface area (Å²) in [4.78, 5) is 24.6. The largest absolute Gasteiger partial charge is 0.481 e. The highest BCUT2D eigenvalue weighted by Gasteiger charge is 2.71. The van der Waals surface area contributed by atoms with E-state index in [1.807, 2.05) is 6.92 Å². The Balaban J connectivity index is 1.35. The lowest BCUT2D eigenvalue weighted by molar-refractivity contribution is -0.224. The van der Waals surface area contributed by atoms with E-state index < -0.39 is 5.97 Å². The second kappa shape index (κ2) is 10.2. The van der Waals surface area contributed by atoms with E-state index in [1.165, 1.54) is 48.8 Å². The Kier molecular flexibility index (Phi) is 7.30. The number of carboxylic acid groups (broad SMARTS) is 1. The number of aliphatic carboxylic acids is 1. The predicted molar refractivity (Wildman–Crippen MR) is 175 cm³/mol. The fourth-order valence-electron chi connectivity index (χ4n) is 13.0. The smallest absolute Gasteiger partial charge is 0.303 e. The summed E-state index contributed by atoms with van der Waals surface area (Å²) < 4.78 is 0. The third-order valence-corrected chi connectivity index (χ3v) is 15.2. The number of allylic oxidation sites excluding steroid dienone is 3. The molecule has 0 bridgehead atoms. The molecule has 0 aromatic heterocycles. The van der Waals surface area contributed by atoms with Crippen molar-refractivity contribution in [2.45, 2.75) is 119 Å². The molecule has 0 spiro atoms. The van der Waals surface area contributed by atoms with E-state index in [-0.39, 0.29) is 33.5 Å². The molecule has 3 nitrogen and oxygen atoms in total. The lowest BCUT2D eigenvalue weighted by Crippen LogP contribution is -2.65. The Morgan fingerprint density at radius 1 is 0.907 bits per heavy atom. The second-order valence-corrected chi connectivity index (χ2v) is 17.0. The molecular weight excluding hydrogens is 528 g/mol. The van der Waals surface area contributed by atoms with Crippen LogP contribution in [-0.2, 0) is 16.0 Å². The van der Waals surface area contributed by atoms with E-state index in [4.69, 9.17) is 0 Å². The first kappa shape index (κ1) is 30.8. The van der Waals surface area contributed by atoms with Gasteiger partial charge in [0, 0.05) is 11.8 Å². The number of Topliss-reactive ketones (excluding diaryl/α,β-unsaturated/α-hetero) is 1. The molecular formula is C40H56O3. The third-order valence-electron chi connectivity index (χ3n) is 15.2. The molecule has 1 aromatic carbocycles. The van der Waals surface area contributed by atoms with Gasteiger partial charge in [-0.1, -0.05) is 77.1 Å². The maximum Gasteiger partial charge on any atom is 0.303 e. The van der Waals surface area contributed by atoms with Crippen LogP contribution in [-0.4, -0.2) is 16.9 Å². The lowest BCUT2D eigenvalue weighted by atomic mass is 9.32. The van der Waals surface area contributed by atoms with Crippen LogP contribution in [0.1, 0.15) is 124 Å². The fraction of sp³-hybridized carbons (Fsp3) is 0.700.